The summed E-state index contributed by atoms with van der Waals surface area (Å²) in [4.78, 5) is 19.9. The first-order valence-corrected chi connectivity index (χ1v) is 5.10. The van der Waals surface area contributed by atoms with Gasteiger partial charge in [0, 0.05) is 30.4 Å². The topological polar surface area (TPSA) is 60.9 Å². The molecule has 5 nitrogen and oxygen atoms in total. The molecule has 3 aromatic heterocycles. The van der Waals surface area contributed by atoms with Crippen molar-refractivity contribution in [2.75, 3.05) is 0 Å². The van der Waals surface area contributed by atoms with Gasteiger partial charge in [-0.05, 0) is 12.1 Å². The van der Waals surface area contributed by atoms with Gasteiger partial charge in [-0.2, -0.15) is 0 Å². The van der Waals surface area contributed by atoms with Crippen molar-refractivity contribution >= 4 is 11.0 Å². The number of aromatic nitrogens is 3. The molecule has 84 valence electrons. The molecule has 0 unspecified atom stereocenters. The summed E-state index contributed by atoms with van der Waals surface area (Å²) in [7, 11) is 1.69. The van der Waals surface area contributed by atoms with E-state index in [1.165, 1.54) is 17.2 Å². The summed E-state index contributed by atoms with van der Waals surface area (Å²) in [5, 5.41) is 0.770. The van der Waals surface area contributed by atoms with Gasteiger partial charge in [-0.25, -0.2) is 9.97 Å². The van der Waals surface area contributed by atoms with Crippen LogP contribution in [0.25, 0.3) is 22.2 Å². The van der Waals surface area contributed by atoms with Crippen molar-refractivity contribution in [2.45, 2.75) is 0 Å². The molecule has 0 spiro atoms. The van der Waals surface area contributed by atoms with Gasteiger partial charge < -0.3 is 8.98 Å². The molecule has 0 radical (unpaired) electrons. The van der Waals surface area contributed by atoms with Gasteiger partial charge >= 0.3 is 0 Å². The van der Waals surface area contributed by atoms with Crippen molar-refractivity contribution in [2.24, 2.45) is 7.05 Å². The van der Waals surface area contributed by atoms with E-state index in [1.54, 1.807) is 31.6 Å². The van der Waals surface area contributed by atoms with E-state index in [9.17, 15) is 4.79 Å². The number of pyridine rings is 1. The molecule has 0 atom stereocenters. The molecular formula is C12H9N3O2. The van der Waals surface area contributed by atoms with E-state index in [-0.39, 0.29) is 5.56 Å². The van der Waals surface area contributed by atoms with Gasteiger partial charge in [0.05, 0.1) is 12.0 Å². The van der Waals surface area contributed by atoms with Crippen LogP contribution in [-0.2, 0) is 7.05 Å². The van der Waals surface area contributed by atoms with E-state index in [2.05, 4.69) is 9.97 Å². The Morgan fingerprint density at radius 3 is 3.00 bits per heavy atom. The second-order valence-corrected chi connectivity index (χ2v) is 3.72. The lowest BCUT2D eigenvalue weighted by Crippen LogP contribution is -2.15. The first kappa shape index (κ1) is 9.77. The minimum atomic E-state index is -0.150. The fraction of sp³-hybridized carbons (Fsp3) is 0.0833. The molecule has 0 saturated carbocycles. The van der Waals surface area contributed by atoms with Crippen LogP contribution in [-0.4, -0.2) is 14.5 Å². The van der Waals surface area contributed by atoms with Crippen molar-refractivity contribution in [1.29, 1.82) is 0 Å². The maximum atomic E-state index is 11.8. The summed E-state index contributed by atoms with van der Waals surface area (Å²) in [6, 6.07) is 3.57. The minimum Gasteiger partial charge on any atom is -0.458 e. The van der Waals surface area contributed by atoms with E-state index in [0.717, 1.165) is 16.6 Å². The van der Waals surface area contributed by atoms with Crippen LogP contribution in [0.5, 0.6) is 0 Å². The van der Waals surface area contributed by atoms with Gasteiger partial charge in [0.2, 0.25) is 0 Å². The standard InChI is InChI=1S/C12H9N3O2/c1-15-6-9(10-2-4-13-7-14-10)8-3-5-17-11(8)12(15)16/h2-7H,1H3. The van der Waals surface area contributed by atoms with Gasteiger partial charge in [0.1, 0.15) is 6.33 Å². The van der Waals surface area contributed by atoms with Crippen LogP contribution in [0.15, 0.2) is 46.3 Å². The predicted octanol–water partition coefficient (Wildman–Crippen LogP) is 1.59. The third-order valence-corrected chi connectivity index (χ3v) is 2.65. The van der Waals surface area contributed by atoms with Crippen molar-refractivity contribution in [3.05, 3.63) is 47.5 Å². The molecule has 0 saturated heterocycles. The van der Waals surface area contributed by atoms with E-state index >= 15 is 0 Å². The molecule has 0 amide bonds. The van der Waals surface area contributed by atoms with E-state index in [0.29, 0.717) is 5.58 Å². The summed E-state index contributed by atoms with van der Waals surface area (Å²) in [5.74, 6) is 0. The summed E-state index contributed by atoms with van der Waals surface area (Å²) in [6.07, 6.45) is 6.41. The molecular weight excluding hydrogens is 218 g/mol. The largest absolute Gasteiger partial charge is 0.458 e. The average molecular weight is 227 g/mol. The van der Waals surface area contributed by atoms with Crippen LogP contribution in [0.1, 0.15) is 0 Å². The molecule has 17 heavy (non-hydrogen) atoms. The van der Waals surface area contributed by atoms with Gasteiger partial charge in [0.15, 0.2) is 5.58 Å². The summed E-state index contributed by atoms with van der Waals surface area (Å²) < 4.78 is 6.70. The Labute approximate surface area is 96.4 Å². The number of aryl methyl sites for hydroxylation is 1. The van der Waals surface area contributed by atoms with Crippen molar-refractivity contribution in [3.63, 3.8) is 0 Å². The highest BCUT2D eigenvalue weighted by molar-refractivity contribution is 5.91. The number of hydrogen-bond acceptors (Lipinski definition) is 4. The lowest BCUT2D eigenvalue weighted by Gasteiger charge is -2.04. The number of hydrogen-bond donors (Lipinski definition) is 0. The molecule has 0 bridgehead atoms. The highest BCUT2D eigenvalue weighted by atomic mass is 16.3. The fourth-order valence-electron chi connectivity index (χ4n) is 1.82. The number of fused-ring (bicyclic) bond motifs is 1. The lowest BCUT2D eigenvalue weighted by atomic mass is 10.1. The second kappa shape index (κ2) is 3.55. The van der Waals surface area contributed by atoms with Crippen molar-refractivity contribution in [3.8, 4) is 11.3 Å². The third-order valence-electron chi connectivity index (χ3n) is 2.65. The number of rotatable bonds is 1. The Morgan fingerprint density at radius 2 is 2.24 bits per heavy atom. The zero-order chi connectivity index (χ0) is 11.8. The van der Waals surface area contributed by atoms with Crippen LogP contribution >= 0.6 is 0 Å². The molecule has 3 rings (SSSR count). The van der Waals surface area contributed by atoms with E-state index in [4.69, 9.17) is 4.42 Å². The van der Waals surface area contributed by atoms with Crippen LogP contribution in [0.3, 0.4) is 0 Å². The molecule has 0 aliphatic heterocycles. The van der Waals surface area contributed by atoms with Gasteiger partial charge in [0.25, 0.3) is 5.56 Å². The molecule has 3 aromatic rings. The van der Waals surface area contributed by atoms with E-state index < -0.39 is 0 Å². The van der Waals surface area contributed by atoms with Gasteiger partial charge in [-0.3, -0.25) is 4.79 Å². The zero-order valence-electron chi connectivity index (χ0n) is 9.12. The molecule has 0 aromatic carbocycles. The lowest BCUT2D eigenvalue weighted by molar-refractivity contribution is 0.605. The molecule has 0 aliphatic rings. The van der Waals surface area contributed by atoms with Crippen molar-refractivity contribution in [1.82, 2.24) is 14.5 Å². The highest BCUT2D eigenvalue weighted by Gasteiger charge is 2.11. The Balaban J connectivity index is 2.42. The summed E-state index contributed by atoms with van der Waals surface area (Å²) >= 11 is 0. The highest BCUT2D eigenvalue weighted by Crippen LogP contribution is 2.24. The maximum absolute atomic E-state index is 11.8. The summed E-state index contributed by atoms with van der Waals surface area (Å²) in [6.45, 7) is 0. The molecule has 0 aliphatic carbocycles. The normalized spacial score (nSPS) is 10.9. The average Bonchev–Trinajstić information content (AvgIpc) is 2.84. The SMILES string of the molecule is Cn1cc(-c2ccncn2)c2ccoc2c1=O. The molecule has 0 fully saturated rings. The Kier molecular flexibility index (Phi) is 2.04. The predicted molar refractivity (Wildman–Crippen MR) is 62.5 cm³/mol. The first-order chi connectivity index (χ1) is 8.27. The zero-order valence-corrected chi connectivity index (χ0v) is 9.12. The Morgan fingerprint density at radius 1 is 1.35 bits per heavy atom. The number of furan rings is 1. The number of nitrogens with zero attached hydrogens (tertiary/aromatic N) is 3. The molecule has 0 N–H and O–H groups in total. The van der Waals surface area contributed by atoms with Crippen LogP contribution < -0.4 is 5.56 Å². The van der Waals surface area contributed by atoms with Crippen LogP contribution in [0, 0.1) is 0 Å². The summed E-state index contributed by atoms with van der Waals surface area (Å²) in [5.41, 5.74) is 1.83. The Hall–Kier alpha value is -2.43. The third kappa shape index (κ3) is 1.44. The monoisotopic (exact) mass is 227 g/mol. The molecule has 3 heterocycles. The molecule has 5 heteroatoms. The smallest absolute Gasteiger partial charge is 0.293 e. The quantitative estimate of drug-likeness (QED) is 0.633. The fourth-order valence-corrected chi connectivity index (χ4v) is 1.82. The second-order valence-electron chi connectivity index (χ2n) is 3.72. The van der Waals surface area contributed by atoms with Gasteiger partial charge in [-0.1, -0.05) is 0 Å². The van der Waals surface area contributed by atoms with Crippen molar-refractivity contribution < 1.29 is 4.42 Å². The minimum absolute atomic E-state index is 0.150. The first-order valence-electron chi connectivity index (χ1n) is 5.10. The van der Waals surface area contributed by atoms with E-state index in [1.807, 2.05) is 0 Å². The van der Waals surface area contributed by atoms with Crippen LogP contribution in [0.2, 0.25) is 0 Å². The van der Waals surface area contributed by atoms with Crippen LogP contribution in [0.4, 0.5) is 0 Å². The maximum Gasteiger partial charge on any atom is 0.293 e. The van der Waals surface area contributed by atoms with Gasteiger partial charge in [-0.15, -0.1) is 0 Å². The Bertz CT molecular complexity index is 728.